The van der Waals surface area contributed by atoms with Crippen LogP contribution < -0.4 is 5.56 Å². The van der Waals surface area contributed by atoms with E-state index in [1.165, 1.54) is 6.20 Å². The molecule has 2 heterocycles. The van der Waals surface area contributed by atoms with Crippen LogP contribution in [0.1, 0.15) is 17.5 Å². The van der Waals surface area contributed by atoms with E-state index in [0.29, 0.717) is 16.6 Å². The molecular weight excluding hydrogens is 280 g/mol. The molecule has 0 bridgehead atoms. The van der Waals surface area contributed by atoms with Crippen molar-refractivity contribution in [2.75, 3.05) is 0 Å². The van der Waals surface area contributed by atoms with Gasteiger partial charge in [0.2, 0.25) is 0 Å². The summed E-state index contributed by atoms with van der Waals surface area (Å²) in [6, 6.07) is 4.83. The van der Waals surface area contributed by atoms with Crippen LogP contribution in [0.5, 0.6) is 11.5 Å². The number of rotatable bonds is 1. The number of phenolic OH excluding ortho intramolecular Hbond substituents is 1. The van der Waals surface area contributed by atoms with Gasteiger partial charge in [-0.05, 0) is 43.0 Å². The monoisotopic (exact) mass is 294 g/mol. The zero-order valence-electron chi connectivity index (χ0n) is 11.8. The molecule has 5 heteroatoms. The van der Waals surface area contributed by atoms with Crippen molar-refractivity contribution < 1.29 is 10.2 Å². The van der Waals surface area contributed by atoms with Crippen LogP contribution in [0.3, 0.4) is 0 Å². The Morgan fingerprint density at radius 3 is 2.73 bits per heavy atom. The van der Waals surface area contributed by atoms with Gasteiger partial charge in [-0.15, -0.1) is 0 Å². The Morgan fingerprint density at radius 2 is 1.91 bits per heavy atom. The average molecular weight is 294 g/mol. The van der Waals surface area contributed by atoms with Gasteiger partial charge in [0.25, 0.3) is 5.56 Å². The molecule has 110 valence electrons. The van der Waals surface area contributed by atoms with E-state index in [9.17, 15) is 15.0 Å². The lowest BCUT2D eigenvalue weighted by atomic mass is 9.95. The molecule has 5 nitrogen and oxygen atoms in total. The number of hydrogen-bond acceptors (Lipinski definition) is 4. The highest BCUT2D eigenvalue weighted by Crippen LogP contribution is 2.40. The Hall–Kier alpha value is -2.82. The van der Waals surface area contributed by atoms with Gasteiger partial charge in [-0.2, -0.15) is 0 Å². The summed E-state index contributed by atoms with van der Waals surface area (Å²) in [6.07, 6.45) is 5.45. The predicted molar refractivity (Wildman–Crippen MR) is 83.2 cm³/mol. The predicted octanol–water partition coefficient (Wildman–Crippen LogP) is 2.49. The highest BCUT2D eigenvalue weighted by atomic mass is 16.3. The maximum absolute atomic E-state index is 12.1. The van der Waals surface area contributed by atoms with Gasteiger partial charge >= 0.3 is 0 Å². The zero-order chi connectivity index (χ0) is 15.3. The Balaban J connectivity index is 2.16. The number of benzene rings is 1. The highest BCUT2D eigenvalue weighted by Gasteiger charge is 2.22. The van der Waals surface area contributed by atoms with Gasteiger partial charge in [0.1, 0.15) is 11.5 Å². The fourth-order valence-corrected chi connectivity index (χ4v) is 3.33. The lowest BCUT2D eigenvalue weighted by Gasteiger charge is -2.13. The maximum Gasteiger partial charge on any atom is 0.251 e. The van der Waals surface area contributed by atoms with Gasteiger partial charge in [-0.25, -0.2) is 0 Å². The normalized spacial score (nSPS) is 13.5. The molecule has 1 aliphatic carbocycles. The van der Waals surface area contributed by atoms with E-state index >= 15 is 0 Å². The third kappa shape index (κ3) is 1.79. The van der Waals surface area contributed by atoms with Crippen LogP contribution in [0, 0.1) is 0 Å². The van der Waals surface area contributed by atoms with Crippen LogP contribution >= 0.6 is 0 Å². The van der Waals surface area contributed by atoms with Crippen molar-refractivity contribution >= 4 is 10.9 Å². The lowest BCUT2D eigenvalue weighted by Crippen LogP contribution is -2.12. The standard InChI is InChI=1S/C17H14N2O3/c20-10-6-9(7-18-8-10)15-14(21)5-4-13-16(15)11-2-1-3-12(11)17(22)19-13/h4-8,20-21H,1-3H2,(H,19,22). The smallest absolute Gasteiger partial charge is 0.251 e. The molecule has 0 saturated carbocycles. The number of aromatic nitrogens is 2. The van der Waals surface area contributed by atoms with E-state index in [1.54, 1.807) is 24.4 Å². The van der Waals surface area contributed by atoms with Gasteiger partial charge < -0.3 is 15.2 Å². The summed E-state index contributed by atoms with van der Waals surface area (Å²) in [5, 5.41) is 20.9. The fourth-order valence-electron chi connectivity index (χ4n) is 3.33. The van der Waals surface area contributed by atoms with Crippen LogP contribution in [-0.2, 0) is 12.8 Å². The average Bonchev–Trinajstić information content (AvgIpc) is 2.98. The van der Waals surface area contributed by atoms with Crippen molar-refractivity contribution in [2.45, 2.75) is 19.3 Å². The summed E-state index contributed by atoms with van der Waals surface area (Å²) in [5.41, 5.74) is 3.67. The van der Waals surface area contributed by atoms with Gasteiger partial charge in [-0.3, -0.25) is 9.78 Å². The molecule has 2 aromatic heterocycles. The molecule has 0 aliphatic heterocycles. The molecule has 1 aliphatic rings. The van der Waals surface area contributed by atoms with Gasteiger partial charge in [0.15, 0.2) is 0 Å². The van der Waals surface area contributed by atoms with E-state index in [0.717, 1.165) is 35.8 Å². The van der Waals surface area contributed by atoms with Crippen LogP contribution in [0.2, 0.25) is 0 Å². The molecule has 3 aromatic rings. The van der Waals surface area contributed by atoms with Crippen molar-refractivity contribution in [1.82, 2.24) is 9.97 Å². The van der Waals surface area contributed by atoms with E-state index in [4.69, 9.17) is 0 Å². The van der Waals surface area contributed by atoms with Crippen LogP contribution in [0.4, 0.5) is 0 Å². The molecule has 0 fully saturated rings. The third-order valence-electron chi connectivity index (χ3n) is 4.24. The molecule has 3 N–H and O–H groups in total. The number of pyridine rings is 2. The number of aryl methyl sites for hydroxylation is 1. The molecule has 22 heavy (non-hydrogen) atoms. The SMILES string of the molecule is O=c1[nH]c2ccc(O)c(-c3cncc(O)c3)c2c2c1CCC2. The summed E-state index contributed by atoms with van der Waals surface area (Å²) in [4.78, 5) is 19.0. The molecule has 0 spiro atoms. The van der Waals surface area contributed by atoms with E-state index in [1.807, 2.05) is 0 Å². The van der Waals surface area contributed by atoms with Crippen molar-refractivity contribution in [3.05, 3.63) is 52.1 Å². The number of phenols is 1. The minimum Gasteiger partial charge on any atom is -0.507 e. The number of aromatic hydroxyl groups is 2. The van der Waals surface area contributed by atoms with Gasteiger partial charge in [0.05, 0.1) is 6.20 Å². The lowest BCUT2D eigenvalue weighted by molar-refractivity contribution is 0.472. The first-order chi connectivity index (χ1) is 10.6. The van der Waals surface area contributed by atoms with Crippen LogP contribution in [0.15, 0.2) is 35.4 Å². The van der Waals surface area contributed by atoms with Gasteiger partial charge in [0, 0.05) is 33.8 Å². The first-order valence-electron chi connectivity index (χ1n) is 7.19. The molecule has 0 radical (unpaired) electrons. The second-order valence-corrected chi connectivity index (χ2v) is 5.58. The largest absolute Gasteiger partial charge is 0.507 e. The van der Waals surface area contributed by atoms with E-state index in [-0.39, 0.29) is 17.1 Å². The number of nitrogens with zero attached hydrogens (tertiary/aromatic N) is 1. The van der Waals surface area contributed by atoms with E-state index in [2.05, 4.69) is 9.97 Å². The quantitative estimate of drug-likeness (QED) is 0.643. The van der Waals surface area contributed by atoms with Crippen molar-refractivity contribution in [3.63, 3.8) is 0 Å². The van der Waals surface area contributed by atoms with Crippen LogP contribution in [0.25, 0.3) is 22.0 Å². The van der Waals surface area contributed by atoms with Crippen molar-refractivity contribution in [1.29, 1.82) is 0 Å². The first-order valence-corrected chi connectivity index (χ1v) is 7.19. The number of hydrogen-bond donors (Lipinski definition) is 3. The topological polar surface area (TPSA) is 86.2 Å². The Labute approximate surface area is 125 Å². The molecular formula is C17H14N2O3. The van der Waals surface area contributed by atoms with E-state index < -0.39 is 0 Å². The minimum absolute atomic E-state index is 0.0370. The summed E-state index contributed by atoms with van der Waals surface area (Å²) in [7, 11) is 0. The van der Waals surface area contributed by atoms with Crippen LogP contribution in [-0.4, -0.2) is 20.2 Å². The summed E-state index contributed by atoms with van der Waals surface area (Å²) >= 11 is 0. The maximum atomic E-state index is 12.1. The second-order valence-electron chi connectivity index (χ2n) is 5.58. The molecule has 1 aromatic carbocycles. The number of nitrogens with one attached hydrogen (secondary N) is 1. The molecule has 0 amide bonds. The second kappa shape index (κ2) is 4.59. The van der Waals surface area contributed by atoms with Gasteiger partial charge in [-0.1, -0.05) is 0 Å². The summed E-state index contributed by atoms with van der Waals surface area (Å²) < 4.78 is 0. The third-order valence-corrected chi connectivity index (χ3v) is 4.24. The molecule has 0 atom stereocenters. The molecule has 4 rings (SSSR count). The zero-order valence-corrected chi connectivity index (χ0v) is 11.8. The Kier molecular flexibility index (Phi) is 2.69. The summed E-state index contributed by atoms with van der Waals surface area (Å²) in [5.74, 6) is 0.149. The number of H-pyrrole nitrogens is 1. The van der Waals surface area contributed by atoms with Crippen molar-refractivity contribution in [3.8, 4) is 22.6 Å². The Morgan fingerprint density at radius 1 is 1.09 bits per heavy atom. The highest BCUT2D eigenvalue weighted by molar-refractivity contribution is 6.00. The number of fused-ring (bicyclic) bond motifs is 3. The number of aromatic amines is 1. The minimum atomic E-state index is -0.0503. The van der Waals surface area contributed by atoms with Crippen molar-refractivity contribution in [2.24, 2.45) is 0 Å². The Bertz CT molecular complexity index is 960. The first kappa shape index (κ1) is 12.9. The molecule has 0 unspecified atom stereocenters. The molecule has 0 saturated heterocycles. The fraction of sp³-hybridized carbons (Fsp3) is 0.176. The summed E-state index contributed by atoms with van der Waals surface area (Å²) in [6.45, 7) is 0.